The van der Waals surface area contributed by atoms with E-state index in [0.717, 1.165) is 35.5 Å². The van der Waals surface area contributed by atoms with Crippen LogP contribution in [0.15, 0.2) is 12.2 Å². The molecule has 0 aliphatic heterocycles. The van der Waals surface area contributed by atoms with Crippen molar-refractivity contribution in [2.45, 2.75) is 110 Å². The van der Waals surface area contributed by atoms with E-state index in [-0.39, 0.29) is 0 Å². The summed E-state index contributed by atoms with van der Waals surface area (Å²) < 4.78 is 0. The SMILES string of the molecule is C=C(C)CC1CCC(CC2CCC(CC3CCC(C)CC3)CC2)CC1. The summed E-state index contributed by atoms with van der Waals surface area (Å²) in [6.45, 7) is 8.77. The molecular weight excluding hydrogens is 300 g/mol. The third kappa shape index (κ3) is 6.44. The Bertz CT molecular complexity index is 384. The van der Waals surface area contributed by atoms with Crippen LogP contribution in [0.3, 0.4) is 0 Å². The number of rotatable bonds is 6. The minimum absolute atomic E-state index is 0.961. The van der Waals surface area contributed by atoms with Gasteiger partial charge in [-0.2, -0.15) is 0 Å². The van der Waals surface area contributed by atoms with E-state index in [0.29, 0.717) is 0 Å². The van der Waals surface area contributed by atoms with Gasteiger partial charge in [0.1, 0.15) is 0 Å². The normalized spacial score (nSPS) is 39.9. The van der Waals surface area contributed by atoms with E-state index in [4.69, 9.17) is 0 Å². The minimum atomic E-state index is 0.961. The third-order valence-electron chi connectivity index (χ3n) is 8.04. The topological polar surface area (TPSA) is 0 Å². The van der Waals surface area contributed by atoms with E-state index in [2.05, 4.69) is 20.4 Å². The molecule has 0 amide bonds. The van der Waals surface area contributed by atoms with E-state index in [9.17, 15) is 0 Å². The van der Waals surface area contributed by atoms with Crippen molar-refractivity contribution < 1.29 is 0 Å². The Labute approximate surface area is 158 Å². The molecule has 3 aliphatic rings. The van der Waals surface area contributed by atoms with Crippen molar-refractivity contribution in [3.63, 3.8) is 0 Å². The second-order valence-electron chi connectivity index (χ2n) is 10.5. The molecule has 0 aromatic carbocycles. The van der Waals surface area contributed by atoms with Crippen LogP contribution in [0.1, 0.15) is 110 Å². The molecular formula is C25H44. The molecule has 0 unspecified atom stereocenters. The summed E-state index contributed by atoms with van der Waals surface area (Å²) in [5.41, 5.74) is 1.40. The second-order valence-corrected chi connectivity index (χ2v) is 10.5. The maximum absolute atomic E-state index is 4.11. The first-order valence-electron chi connectivity index (χ1n) is 11.7. The molecule has 3 saturated carbocycles. The predicted molar refractivity (Wildman–Crippen MR) is 111 cm³/mol. The Morgan fingerprint density at radius 1 is 0.600 bits per heavy atom. The molecule has 0 nitrogen and oxygen atoms in total. The first kappa shape index (κ1) is 19.5. The maximum atomic E-state index is 4.11. The highest BCUT2D eigenvalue weighted by Gasteiger charge is 2.28. The summed E-state index contributed by atoms with van der Waals surface area (Å²) in [5.74, 6) is 6.27. The highest BCUT2D eigenvalue weighted by atomic mass is 14.3. The Balaban J connectivity index is 1.30. The van der Waals surface area contributed by atoms with Crippen molar-refractivity contribution >= 4 is 0 Å². The Hall–Kier alpha value is -0.260. The van der Waals surface area contributed by atoms with E-state index in [1.165, 1.54) is 63.4 Å². The summed E-state index contributed by atoms with van der Waals surface area (Å²) in [6.07, 6.45) is 22.7. The van der Waals surface area contributed by atoms with Crippen LogP contribution >= 0.6 is 0 Å². The highest BCUT2D eigenvalue weighted by molar-refractivity contribution is 4.92. The van der Waals surface area contributed by atoms with Crippen molar-refractivity contribution in [3.8, 4) is 0 Å². The molecule has 3 rings (SSSR count). The van der Waals surface area contributed by atoms with Crippen LogP contribution in [0.4, 0.5) is 0 Å². The van der Waals surface area contributed by atoms with E-state index >= 15 is 0 Å². The lowest BCUT2D eigenvalue weighted by Crippen LogP contribution is -2.23. The van der Waals surface area contributed by atoms with E-state index in [1.54, 1.807) is 38.5 Å². The molecule has 3 aliphatic carbocycles. The average Bonchev–Trinajstić information content (AvgIpc) is 2.60. The summed E-state index contributed by atoms with van der Waals surface area (Å²) in [7, 11) is 0. The molecule has 0 radical (unpaired) electrons. The number of allylic oxidation sites excluding steroid dienone is 1. The molecule has 3 fully saturated rings. The average molecular weight is 345 g/mol. The zero-order valence-corrected chi connectivity index (χ0v) is 17.3. The van der Waals surface area contributed by atoms with Gasteiger partial charge in [-0.05, 0) is 74.5 Å². The summed E-state index contributed by atoms with van der Waals surface area (Å²) >= 11 is 0. The van der Waals surface area contributed by atoms with Gasteiger partial charge in [0.25, 0.3) is 0 Å². The van der Waals surface area contributed by atoms with Crippen molar-refractivity contribution in [2.24, 2.45) is 35.5 Å². The fourth-order valence-corrected chi connectivity index (χ4v) is 6.37. The first-order chi connectivity index (χ1) is 12.1. The zero-order chi connectivity index (χ0) is 17.6. The van der Waals surface area contributed by atoms with Gasteiger partial charge in [-0.15, -0.1) is 6.58 Å². The Morgan fingerprint density at radius 2 is 0.920 bits per heavy atom. The molecule has 0 aromatic rings. The first-order valence-corrected chi connectivity index (χ1v) is 11.7. The van der Waals surface area contributed by atoms with Gasteiger partial charge in [0.15, 0.2) is 0 Å². The molecule has 25 heavy (non-hydrogen) atoms. The van der Waals surface area contributed by atoms with Gasteiger partial charge in [0.05, 0.1) is 0 Å². The van der Waals surface area contributed by atoms with Crippen molar-refractivity contribution in [1.29, 1.82) is 0 Å². The van der Waals surface area contributed by atoms with E-state index < -0.39 is 0 Å². The molecule has 0 atom stereocenters. The smallest absolute Gasteiger partial charge is 0.0297 e. The summed E-state index contributed by atoms with van der Waals surface area (Å²) in [6, 6.07) is 0. The lowest BCUT2D eigenvalue weighted by atomic mass is 9.70. The summed E-state index contributed by atoms with van der Waals surface area (Å²) in [5, 5.41) is 0. The van der Waals surface area contributed by atoms with E-state index in [1.807, 2.05) is 0 Å². The fourth-order valence-electron chi connectivity index (χ4n) is 6.37. The van der Waals surface area contributed by atoms with Crippen LogP contribution in [0.2, 0.25) is 0 Å². The van der Waals surface area contributed by atoms with Crippen LogP contribution in [-0.2, 0) is 0 Å². The van der Waals surface area contributed by atoms with Crippen LogP contribution in [0, 0.1) is 35.5 Å². The maximum Gasteiger partial charge on any atom is -0.0297 e. The molecule has 0 aromatic heterocycles. The summed E-state index contributed by atoms with van der Waals surface area (Å²) in [4.78, 5) is 0. The van der Waals surface area contributed by atoms with Gasteiger partial charge in [-0.25, -0.2) is 0 Å². The van der Waals surface area contributed by atoms with Gasteiger partial charge in [0.2, 0.25) is 0 Å². The van der Waals surface area contributed by atoms with Crippen LogP contribution in [0.25, 0.3) is 0 Å². The largest absolute Gasteiger partial charge is 0.100 e. The quantitative estimate of drug-likeness (QED) is 0.426. The van der Waals surface area contributed by atoms with Gasteiger partial charge in [-0.1, -0.05) is 76.7 Å². The molecule has 0 N–H and O–H groups in total. The van der Waals surface area contributed by atoms with Crippen molar-refractivity contribution in [2.75, 3.05) is 0 Å². The van der Waals surface area contributed by atoms with Gasteiger partial charge in [0, 0.05) is 0 Å². The standard InChI is InChI=1S/C25H44/c1-19(2)16-21-8-10-23(11-9-21)18-25-14-12-24(13-15-25)17-22-6-4-20(3)5-7-22/h20-25H,1,4-18H2,2-3H3. The van der Waals surface area contributed by atoms with Crippen LogP contribution < -0.4 is 0 Å². The fraction of sp³-hybridized carbons (Fsp3) is 0.920. The van der Waals surface area contributed by atoms with Gasteiger partial charge in [-0.3, -0.25) is 0 Å². The lowest BCUT2D eigenvalue weighted by Gasteiger charge is -2.36. The second kappa shape index (κ2) is 9.61. The molecule has 0 saturated heterocycles. The third-order valence-corrected chi connectivity index (χ3v) is 8.04. The lowest BCUT2D eigenvalue weighted by molar-refractivity contribution is 0.166. The molecule has 144 valence electrons. The zero-order valence-electron chi connectivity index (χ0n) is 17.3. The van der Waals surface area contributed by atoms with Crippen molar-refractivity contribution in [1.82, 2.24) is 0 Å². The number of hydrogen-bond acceptors (Lipinski definition) is 0. The molecule has 0 spiro atoms. The monoisotopic (exact) mass is 344 g/mol. The van der Waals surface area contributed by atoms with Gasteiger partial charge < -0.3 is 0 Å². The van der Waals surface area contributed by atoms with Crippen LogP contribution in [0.5, 0.6) is 0 Å². The minimum Gasteiger partial charge on any atom is -0.100 e. The highest BCUT2D eigenvalue weighted by Crippen LogP contribution is 2.42. The van der Waals surface area contributed by atoms with Crippen LogP contribution in [-0.4, -0.2) is 0 Å². The predicted octanol–water partition coefficient (Wildman–Crippen LogP) is 8.17. The molecule has 0 heteroatoms. The van der Waals surface area contributed by atoms with Crippen molar-refractivity contribution in [3.05, 3.63) is 12.2 Å². The Morgan fingerprint density at radius 3 is 1.28 bits per heavy atom. The van der Waals surface area contributed by atoms with Gasteiger partial charge >= 0.3 is 0 Å². The molecule has 0 heterocycles. The molecule has 0 bridgehead atoms. The number of hydrogen-bond donors (Lipinski definition) is 0. The Kier molecular flexibility index (Phi) is 7.50.